The van der Waals surface area contributed by atoms with Gasteiger partial charge in [-0.15, -0.1) is 34.2 Å². The lowest BCUT2D eigenvalue weighted by Gasteiger charge is -2.13. The van der Waals surface area contributed by atoms with Gasteiger partial charge in [0.15, 0.2) is 11.8 Å². The number of hydrogen-bond acceptors (Lipinski definition) is 5. The van der Waals surface area contributed by atoms with Gasteiger partial charge in [-0.3, -0.25) is 0 Å². The zero-order chi connectivity index (χ0) is 19.5. The number of guanidine groups is 1. The van der Waals surface area contributed by atoms with Crippen molar-refractivity contribution in [3.05, 3.63) is 41.5 Å². The molecule has 0 radical (unpaired) electrons. The highest BCUT2D eigenvalue weighted by Crippen LogP contribution is 2.11. The molecule has 0 atom stereocenters. The van der Waals surface area contributed by atoms with Crippen LogP contribution in [0.1, 0.15) is 23.6 Å². The van der Waals surface area contributed by atoms with Crippen LogP contribution in [0.4, 0.5) is 0 Å². The van der Waals surface area contributed by atoms with Gasteiger partial charge in [-0.05, 0) is 37.5 Å². The van der Waals surface area contributed by atoms with Crippen LogP contribution in [-0.2, 0) is 24.8 Å². The fraction of sp³-hybridized carbons (Fsp3) is 0.526. The highest BCUT2D eigenvalue weighted by Gasteiger charge is 2.05. The monoisotopic (exact) mass is 502 g/mol. The van der Waals surface area contributed by atoms with Gasteiger partial charge >= 0.3 is 0 Å². The third kappa shape index (κ3) is 8.01. The number of aryl methyl sites for hydroxylation is 1. The van der Waals surface area contributed by atoms with Crippen LogP contribution in [0.2, 0.25) is 0 Å². The Morgan fingerprint density at radius 3 is 2.43 bits per heavy atom. The van der Waals surface area contributed by atoms with E-state index in [-0.39, 0.29) is 24.0 Å². The predicted molar refractivity (Wildman–Crippen MR) is 121 cm³/mol. The maximum absolute atomic E-state index is 5.19. The second-order valence-corrected chi connectivity index (χ2v) is 6.19. The molecule has 0 amide bonds. The van der Waals surface area contributed by atoms with E-state index in [1.54, 1.807) is 14.2 Å². The average molecular weight is 502 g/mol. The normalized spacial score (nSPS) is 11.1. The Hall–Kier alpha value is -1.88. The van der Waals surface area contributed by atoms with Gasteiger partial charge in [0.1, 0.15) is 18.1 Å². The molecule has 156 valence electrons. The van der Waals surface area contributed by atoms with Gasteiger partial charge in [0.2, 0.25) is 0 Å². The Balaban J connectivity index is 0.00000392. The predicted octanol–water partition coefficient (Wildman–Crippen LogP) is 2.06. The fourth-order valence-electron chi connectivity index (χ4n) is 2.45. The standard InChI is InChI=1S/C19H30N6O2.HI/c1-15-23-24-18(25(15)2)14-22-19(20-11-5-13-26-3)21-12-10-16-6-8-17(27-4)9-7-16;/h6-9H,5,10-14H2,1-4H3,(H2,20,21,22);1H. The molecule has 0 saturated heterocycles. The summed E-state index contributed by atoms with van der Waals surface area (Å²) in [6.07, 6.45) is 1.81. The van der Waals surface area contributed by atoms with Crippen molar-refractivity contribution in [2.75, 3.05) is 33.9 Å². The fourth-order valence-corrected chi connectivity index (χ4v) is 2.45. The lowest BCUT2D eigenvalue weighted by atomic mass is 10.1. The van der Waals surface area contributed by atoms with Gasteiger partial charge in [0, 0.05) is 33.9 Å². The third-order valence-electron chi connectivity index (χ3n) is 4.24. The molecular formula is C19H31IN6O2. The number of hydrogen-bond donors (Lipinski definition) is 2. The molecule has 28 heavy (non-hydrogen) atoms. The first-order valence-electron chi connectivity index (χ1n) is 9.13. The van der Waals surface area contributed by atoms with E-state index in [1.165, 1.54) is 5.56 Å². The van der Waals surface area contributed by atoms with E-state index in [2.05, 4.69) is 38.0 Å². The van der Waals surface area contributed by atoms with Crippen molar-refractivity contribution in [2.45, 2.75) is 26.3 Å². The van der Waals surface area contributed by atoms with Crippen LogP contribution in [0.25, 0.3) is 0 Å². The Bertz CT molecular complexity index is 718. The lowest BCUT2D eigenvalue weighted by molar-refractivity contribution is 0.195. The second-order valence-electron chi connectivity index (χ2n) is 6.19. The van der Waals surface area contributed by atoms with E-state index in [1.807, 2.05) is 30.7 Å². The number of aromatic nitrogens is 3. The van der Waals surface area contributed by atoms with Crippen molar-refractivity contribution in [3.63, 3.8) is 0 Å². The summed E-state index contributed by atoms with van der Waals surface area (Å²) in [5, 5.41) is 14.9. The van der Waals surface area contributed by atoms with E-state index in [0.717, 1.165) is 49.3 Å². The van der Waals surface area contributed by atoms with Crippen LogP contribution in [0.3, 0.4) is 0 Å². The maximum Gasteiger partial charge on any atom is 0.191 e. The molecule has 0 saturated carbocycles. The van der Waals surface area contributed by atoms with Crippen LogP contribution in [0.15, 0.2) is 29.3 Å². The van der Waals surface area contributed by atoms with Crippen molar-refractivity contribution in [1.29, 1.82) is 0 Å². The van der Waals surface area contributed by atoms with Crippen molar-refractivity contribution in [2.24, 2.45) is 12.0 Å². The molecule has 8 nitrogen and oxygen atoms in total. The summed E-state index contributed by atoms with van der Waals surface area (Å²) in [4.78, 5) is 4.63. The summed E-state index contributed by atoms with van der Waals surface area (Å²) in [6.45, 7) is 4.69. The Labute approximate surface area is 184 Å². The quantitative estimate of drug-likeness (QED) is 0.224. The molecule has 0 unspecified atom stereocenters. The van der Waals surface area contributed by atoms with E-state index in [9.17, 15) is 0 Å². The van der Waals surface area contributed by atoms with Crippen LogP contribution in [0, 0.1) is 6.92 Å². The summed E-state index contributed by atoms with van der Waals surface area (Å²) >= 11 is 0. The third-order valence-corrected chi connectivity index (χ3v) is 4.24. The number of ether oxygens (including phenoxy) is 2. The van der Waals surface area contributed by atoms with Crippen LogP contribution >= 0.6 is 24.0 Å². The number of halogens is 1. The van der Waals surface area contributed by atoms with Crippen molar-refractivity contribution < 1.29 is 9.47 Å². The zero-order valence-corrected chi connectivity index (χ0v) is 19.4. The molecule has 0 aliphatic carbocycles. The van der Waals surface area contributed by atoms with Gasteiger partial charge in [0.05, 0.1) is 7.11 Å². The number of nitrogens with zero attached hydrogens (tertiary/aromatic N) is 4. The van der Waals surface area contributed by atoms with Crippen molar-refractivity contribution >= 4 is 29.9 Å². The van der Waals surface area contributed by atoms with E-state index in [4.69, 9.17) is 9.47 Å². The summed E-state index contributed by atoms with van der Waals surface area (Å²) in [7, 11) is 5.33. The number of benzene rings is 1. The molecule has 2 aromatic rings. The molecule has 1 aromatic heterocycles. The summed E-state index contributed by atoms with van der Waals surface area (Å²) in [6, 6.07) is 8.10. The largest absolute Gasteiger partial charge is 0.497 e. The molecular weight excluding hydrogens is 471 g/mol. The molecule has 1 aromatic carbocycles. The van der Waals surface area contributed by atoms with E-state index >= 15 is 0 Å². The molecule has 0 bridgehead atoms. The molecule has 9 heteroatoms. The first kappa shape index (κ1) is 24.2. The van der Waals surface area contributed by atoms with E-state index in [0.29, 0.717) is 13.2 Å². The highest BCUT2D eigenvalue weighted by atomic mass is 127. The SMILES string of the molecule is COCCCNC(=NCc1nnc(C)n1C)NCCc1ccc(OC)cc1.I. The van der Waals surface area contributed by atoms with Gasteiger partial charge in [-0.2, -0.15) is 0 Å². The molecule has 2 N–H and O–H groups in total. The minimum absolute atomic E-state index is 0. The number of nitrogens with one attached hydrogen (secondary N) is 2. The Morgan fingerprint density at radius 1 is 1.11 bits per heavy atom. The first-order chi connectivity index (χ1) is 13.1. The molecule has 0 aliphatic rings. The van der Waals surface area contributed by atoms with Crippen LogP contribution in [0.5, 0.6) is 5.75 Å². The van der Waals surface area contributed by atoms with Crippen molar-refractivity contribution in [3.8, 4) is 5.75 Å². The van der Waals surface area contributed by atoms with Gasteiger partial charge < -0.3 is 24.7 Å². The summed E-state index contributed by atoms with van der Waals surface area (Å²) in [5.74, 6) is 3.34. The first-order valence-corrected chi connectivity index (χ1v) is 9.13. The average Bonchev–Trinajstić information content (AvgIpc) is 3.01. The Kier molecular flexibility index (Phi) is 11.5. The van der Waals surface area contributed by atoms with Crippen LogP contribution < -0.4 is 15.4 Å². The minimum atomic E-state index is 0. The number of aliphatic imine (C=N–C) groups is 1. The van der Waals surface area contributed by atoms with E-state index < -0.39 is 0 Å². The summed E-state index contributed by atoms with van der Waals surface area (Å²) in [5.41, 5.74) is 1.24. The molecule has 0 aliphatic heterocycles. The highest BCUT2D eigenvalue weighted by molar-refractivity contribution is 14.0. The lowest BCUT2D eigenvalue weighted by Crippen LogP contribution is -2.39. The van der Waals surface area contributed by atoms with Gasteiger partial charge in [-0.25, -0.2) is 4.99 Å². The van der Waals surface area contributed by atoms with Crippen molar-refractivity contribution in [1.82, 2.24) is 25.4 Å². The smallest absolute Gasteiger partial charge is 0.191 e. The number of methoxy groups -OCH3 is 2. The zero-order valence-electron chi connectivity index (χ0n) is 17.1. The Morgan fingerprint density at radius 2 is 1.82 bits per heavy atom. The molecule has 0 fully saturated rings. The minimum Gasteiger partial charge on any atom is -0.497 e. The van der Waals surface area contributed by atoms with Gasteiger partial charge in [-0.1, -0.05) is 12.1 Å². The molecule has 0 spiro atoms. The second kappa shape index (κ2) is 13.3. The molecule has 2 rings (SSSR count). The number of rotatable bonds is 10. The maximum atomic E-state index is 5.19. The van der Waals surface area contributed by atoms with Gasteiger partial charge in [0.25, 0.3) is 0 Å². The molecule has 1 heterocycles. The summed E-state index contributed by atoms with van der Waals surface area (Å²) < 4.78 is 12.2. The van der Waals surface area contributed by atoms with Crippen LogP contribution in [-0.4, -0.2) is 54.6 Å². The topological polar surface area (TPSA) is 85.6 Å².